The number of benzene rings is 1. The predicted octanol–water partition coefficient (Wildman–Crippen LogP) is 1.80. The molecule has 0 saturated carbocycles. The van der Waals surface area contributed by atoms with Gasteiger partial charge in [-0.15, -0.1) is 0 Å². The van der Waals surface area contributed by atoms with Crippen molar-refractivity contribution in [3.8, 4) is 17.9 Å². The molecular formula is C16H18N2O2. The highest BCUT2D eigenvalue weighted by molar-refractivity contribution is 5.96. The van der Waals surface area contributed by atoms with Crippen molar-refractivity contribution in [2.45, 2.75) is 19.8 Å². The molecule has 0 saturated heterocycles. The van der Waals surface area contributed by atoms with E-state index in [1.165, 1.54) is 0 Å². The molecular weight excluding hydrogens is 252 g/mol. The number of carbonyl (C=O) groups excluding carboxylic acids is 1. The van der Waals surface area contributed by atoms with E-state index in [1.54, 1.807) is 23.1 Å². The molecule has 0 radical (unpaired) electrons. The third-order valence-corrected chi connectivity index (χ3v) is 2.78. The van der Waals surface area contributed by atoms with Crippen molar-refractivity contribution in [1.29, 1.82) is 5.26 Å². The van der Waals surface area contributed by atoms with Crippen LogP contribution in [-0.2, 0) is 0 Å². The van der Waals surface area contributed by atoms with E-state index in [4.69, 9.17) is 10.4 Å². The lowest BCUT2D eigenvalue weighted by Gasteiger charge is -2.20. The van der Waals surface area contributed by atoms with Gasteiger partial charge in [-0.1, -0.05) is 24.0 Å². The Labute approximate surface area is 119 Å². The summed E-state index contributed by atoms with van der Waals surface area (Å²) in [6.07, 6.45) is 0.701. The first-order chi connectivity index (χ1) is 9.74. The number of rotatable bonds is 5. The lowest BCUT2D eigenvalue weighted by atomic mass is 10.1. The highest BCUT2D eigenvalue weighted by Crippen LogP contribution is 2.11. The minimum absolute atomic E-state index is 0.00632. The standard InChI is InChI=1S/C16H18N2O2/c1-2-18(12-7-11-17)16(20)15-10-4-3-8-14(15)9-5-6-13-19/h3-4,8,10,19H,2,6-7,12-13H2,1H3. The number of hydrogen-bond donors (Lipinski definition) is 1. The highest BCUT2D eigenvalue weighted by atomic mass is 16.2. The largest absolute Gasteiger partial charge is 0.395 e. The van der Waals surface area contributed by atoms with Gasteiger partial charge in [0.15, 0.2) is 0 Å². The van der Waals surface area contributed by atoms with E-state index in [2.05, 4.69) is 11.8 Å². The molecule has 1 rings (SSSR count). The van der Waals surface area contributed by atoms with Crippen LogP contribution in [0.3, 0.4) is 0 Å². The van der Waals surface area contributed by atoms with E-state index < -0.39 is 0 Å². The molecule has 1 N–H and O–H groups in total. The van der Waals surface area contributed by atoms with Crippen LogP contribution >= 0.6 is 0 Å². The molecule has 0 spiro atoms. The number of nitrogens with zero attached hydrogens (tertiary/aromatic N) is 2. The number of aliphatic hydroxyl groups excluding tert-OH is 1. The van der Waals surface area contributed by atoms with Crippen LogP contribution in [0.4, 0.5) is 0 Å². The molecule has 104 valence electrons. The third-order valence-electron chi connectivity index (χ3n) is 2.78. The van der Waals surface area contributed by atoms with Crippen LogP contribution in [-0.4, -0.2) is 35.6 Å². The van der Waals surface area contributed by atoms with Crippen LogP contribution in [0, 0.1) is 23.2 Å². The average molecular weight is 270 g/mol. The van der Waals surface area contributed by atoms with Crippen LogP contribution in [0.15, 0.2) is 24.3 Å². The molecule has 0 atom stereocenters. The second kappa shape index (κ2) is 8.74. The van der Waals surface area contributed by atoms with Crippen LogP contribution in [0.25, 0.3) is 0 Å². The number of aliphatic hydroxyl groups is 1. The Morgan fingerprint density at radius 1 is 1.35 bits per heavy atom. The van der Waals surface area contributed by atoms with E-state index in [9.17, 15) is 4.79 Å². The molecule has 0 aliphatic heterocycles. The molecule has 1 amide bonds. The predicted molar refractivity (Wildman–Crippen MR) is 76.8 cm³/mol. The summed E-state index contributed by atoms with van der Waals surface area (Å²) in [5.74, 6) is 5.62. The van der Waals surface area contributed by atoms with Crippen LogP contribution in [0.1, 0.15) is 35.7 Å². The van der Waals surface area contributed by atoms with Gasteiger partial charge in [0.2, 0.25) is 0 Å². The van der Waals surface area contributed by atoms with Gasteiger partial charge in [-0.05, 0) is 19.1 Å². The van der Waals surface area contributed by atoms with Gasteiger partial charge in [-0.2, -0.15) is 5.26 Å². The monoisotopic (exact) mass is 270 g/mol. The third kappa shape index (κ3) is 4.42. The van der Waals surface area contributed by atoms with Crippen molar-refractivity contribution < 1.29 is 9.90 Å². The summed E-state index contributed by atoms with van der Waals surface area (Å²) in [7, 11) is 0. The molecule has 0 fully saturated rings. The molecule has 4 heteroatoms. The molecule has 0 heterocycles. The van der Waals surface area contributed by atoms with Gasteiger partial charge >= 0.3 is 0 Å². The number of nitriles is 1. The zero-order chi connectivity index (χ0) is 14.8. The molecule has 0 aliphatic rings. The van der Waals surface area contributed by atoms with Gasteiger partial charge in [0.05, 0.1) is 24.7 Å². The zero-order valence-corrected chi connectivity index (χ0v) is 11.6. The highest BCUT2D eigenvalue weighted by Gasteiger charge is 2.16. The van der Waals surface area contributed by atoms with Gasteiger partial charge in [-0.25, -0.2) is 0 Å². The maximum absolute atomic E-state index is 12.4. The minimum atomic E-state index is -0.114. The van der Waals surface area contributed by atoms with E-state index in [-0.39, 0.29) is 12.5 Å². The summed E-state index contributed by atoms with van der Waals surface area (Å²) in [5.41, 5.74) is 1.19. The van der Waals surface area contributed by atoms with Crippen molar-refractivity contribution in [1.82, 2.24) is 4.90 Å². The molecule has 1 aromatic rings. The maximum Gasteiger partial charge on any atom is 0.255 e. The van der Waals surface area contributed by atoms with Crippen molar-refractivity contribution in [3.63, 3.8) is 0 Å². The van der Waals surface area contributed by atoms with Gasteiger partial charge in [0.1, 0.15) is 0 Å². The molecule has 20 heavy (non-hydrogen) atoms. The lowest BCUT2D eigenvalue weighted by Crippen LogP contribution is -2.32. The molecule has 1 aromatic carbocycles. The van der Waals surface area contributed by atoms with Crippen LogP contribution < -0.4 is 0 Å². The zero-order valence-electron chi connectivity index (χ0n) is 11.6. The number of amides is 1. The van der Waals surface area contributed by atoms with E-state index in [1.807, 2.05) is 19.1 Å². The van der Waals surface area contributed by atoms with Gasteiger partial charge in [-0.3, -0.25) is 4.79 Å². The fourth-order valence-corrected chi connectivity index (χ4v) is 1.75. The smallest absolute Gasteiger partial charge is 0.255 e. The Kier molecular flexibility index (Phi) is 6.89. The van der Waals surface area contributed by atoms with Crippen molar-refractivity contribution in [3.05, 3.63) is 35.4 Å². The van der Waals surface area contributed by atoms with Gasteiger partial charge in [0.25, 0.3) is 5.91 Å². The van der Waals surface area contributed by atoms with Crippen LogP contribution in [0.2, 0.25) is 0 Å². The number of hydrogen-bond acceptors (Lipinski definition) is 3. The topological polar surface area (TPSA) is 64.3 Å². The fourth-order valence-electron chi connectivity index (χ4n) is 1.75. The summed E-state index contributed by atoms with van der Waals surface area (Å²) in [4.78, 5) is 14.1. The Morgan fingerprint density at radius 3 is 2.75 bits per heavy atom. The van der Waals surface area contributed by atoms with Crippen LogP contribution in [0.5, 0.6) is 0 Å². The second-order valence-corrected chi connectivity index (χ2v) is 4.11. The first-order valence-corrected chi connectivity index (χ1v) is 6.59. The Bertz CT molecular complexity index is 550. The first kappa shape index (κ1) is 15.8. The number of carbonyl (C=O) groups is 1. The van der Waals surface area contributed by atoms with Gasteiger partial charge in [0, 0.05) is 25.1 Å². The van der Waals surface area contributed by atoms with Crippen molar-refractivity contribution in [2.75, 3.05) is 19.7 Å². The van der Waals surface area contributed by atoms with Crippen molar-refractivity contribution in [2.24, 2.45) is 0 Å². The summed E-state index contributed by atoms with van der Waals surface area (Å²) < 4.78 is 0. The van der Waals surface area contributed by atoms with E-state index in [0.717, 1.165) is 0 Å². The average Bonchev–Trinajstić information content (AvgIpc) is 2.48. The van der Waals surface area contributed by atoms with Crippen molar-refractivity contribution >= 4 is 5.91 Å². The molecule has 0 bridgehead atoms. The second-order valence-electron chi connectivity index (χ2n) is 4.11. The Hall–Kier alpha value is -2.30. The SMILES string of the molecule is CCN(CCC#N)C(=O)c1ccccc1C#CCCO. The van der Waals surface area contributed by atoms with Gasteiger partial charge < -0.3 is 10.0 Å². The molecule has 4 nitrogen and oxygen atoms in total. The quantitative estimate of drug-likeness (QED) is 0.830. The summed E-state index contributed by atoms with van der Waals surface area (Å²) in [6, 6.07) is 9.19. The summed E-state index contributed by atoms with van der Waals surface area (Å²) >= 11 is 0. The minimum Gasteiger partial charge on any atom is -0.395 e. The molecule has 0 unspecified atom stereocenters. The van der Waals surface area contributed by atoms with E-state index in [0.29, 0.717) is 37.1 Å². The maximum atomic E-state index is 12.4. The fraction of sp³-hybridized carbons (Fsp3) is 0.375. The first-order valence-electron chi connectivity index (χ1n) is 6.59. The lowest BCUT2D eigenvalue weighted by molar-refractivity contribution is 0.0767. The summed E-state index contributed by atoms with van der Waals surface area (Å²) in [6.45, 7) is 2.87. The Balaban J connectivity index is 2.98. The Morgan fingerprint density at radius 2 is 2.10 bits per heavy atom. The normalized spacial score (nSPS) is 9.25. The molecule has 0 aliphatic carbocycles. The summed E-state index contributed by atoms with van der Waals surface area (Å²) in [5, 5.41) is 17.4. The molecule has 0 aromatic heterocycles. The van der Waals surface area contributed by atoms with E-state index >= 15 is 0 Å².